The van der Waals surface area contributed by atoms with E-state index in [4.69, 9.17) is 11.6 Å². The summed E-state index contributed by atoms with van der Waals surface area (Å²) in [5.74, 6) is 0. The van der Waals surface area contributed by atoms with Crippen LogP contribution in [0.15, 0.2) is 22.7 Å². The molecule has 0 radical (unpaired) electrons. The third kappa shape index (κ3) is 5.73. The van der Waals surface area contributed by atoms with Gasteiger partial charge in [-0.15, -0.1) is 0 Å². The lowest BCUT2D eigenvalue weighted by Gasteiger charge is -2.18. The highest BCUT2D eigenvalue weighted by atomic mass is 79.9. The Bertz CT molecular complexity index is 354. The van der Waals surface area contributed by atoms with Crippen LogP contribution in [0, 0.1) is 0 Å². The molecule has 1 aromatic carbocycles. The zero-order valence-corrected chi connectivity index (χ0v) is 13.6. The van der Waals surface area contributed by atoms with E-state index in [0.717, 1.165) is 16.0 Å². The molecule has 0 fully saturated rings. The molecule has 18 heavy (non-hydrogen) atoms. The summed E-state index contributed by atoms with van der Waals surface area (Å²) in [5.41, 5.74) is 1.25. The molecule has 0 spiro atoms. The zero-order valence-electron chi connectivity index (χ0n) is 11.3. The summed E-state index contributed by atoms with van der Waals surface area (Å²) in [6, 6.07) is 6.80. The molecular weight excluding hydrogens is 310 g/mol. The van der Waals surface area contributed by atoms with Crippen molar-refractivity contribution in [3.8, 4) is 0 Å². The van der Waals surface area contributed by atoms with E-state index in [-0.39, 0.29) is 0 Å². The van der Waals surface area contributed by atoms with Gasteiger partial charge in [-0.25, -0.2) is 0 Å². The quantitative estimate of drug-likeness (QED) is 0.658. The first-order valence-electron chi connectivity index (χ1n) is 6.84. The molecule has 1 atom stereocenters. The van der Waals surface area contributed by atoms with E-state index in [2.05, 4.69) is 41.2 Å². The van der Waals surface area contributed by atoms with Gasteiger partial charge in [-0.1, -0.05) is 50.8 Å². The Labute approximate surface area is 124 Å². The summed E-state index contributed by atoms with van der Waals surface area (Å²) in [7, 11) is 0. The summed E-state index contributed by atoms with van der Waals surface area (Å²) < 4.78 is 0.962. The van der Waals surface area contributed by atoms with Crippen LogP contribution in [-0.4, -0.2) is 6.04 Å². The first-order chi connectivity index (χ1) is 8.67. The molecule has 0 heterocycles. The minimum absolute atomic E-state index is 0.636. The number of rotatable bonds is 8. The van der Waals surface area contributed by atoms with E-state index < -0.39 is 0 Å². The molecule has 3 heteroatoms. The van der Waals surface area contributed by atoms with Gasteiger partial charge in [0, 0.05) is 17.1 Å². The Morgan fingerprint density at radius 2 is 2.00 bits per heavy atom. The average Bonchev–Trinajstić information content (AvgIpc) is 2.37. The van der Waals surface area contributed by atoms with Gasteiger partial charge in [0.25, 0.3) is 0 Å². The van der Waals surface area contributed by atoms with Crippen molar-refractivity contribution in [1.82, 2.24) is 5.32 Å². The van der Waals surface area contributed by atoms with Crippen LogP contribution in [-0.2, 0) is 6.54 Å². The van der Waals surface area contributed by atoms with Crippen molar-refractivity contribution < 1.29 is 0 Å². The van der Waals surface area contributed by atoms with Gasteiger partial charge < -0.3 is 5.32 Å². The van der Waals surface area contributed by atoms with Gasteiger partial charge in [0.2, 0.25) is 0 Å². The van der Waals surface area contributed by atoms with Gasteiger partial charge in [-0.3, -0.25) is 0 Å². The van der Waals surface area contributed by atoms with E-state index in [1.165, 1.54) is 37.7 Å². The molecule has 1 unspecified atom stereocenters. The predicted molar refractivity (Wildman–Crippen MR) is 84.2 cm³/mol. The molecule has 0 saturated heterocycles. The van der Waals surface area contributed by atoms with Crippen molar-refractivity contribution in [2.45, 2.75) is 58.5 Å². The number of nitrogens with one attached hydrogen (secondary N) is 1. The topological polar surface area (TPSA) is 12.0 Å². The van der Waals surface area contributed by atoms with Crippen molar-refractivity contribution in [1.29, 1.82) is 0 Å². The van der Waals surface area contributed by atoms with Gasteiger partial charge in [0.05, 0.1) is 5.02 Å². The van der Waals surface area contributed by atoms with E-state index in [1.54, 1.807) is 0 Å². The van der Waals surface area contributed by atoms with Crippen LogP contribution in [0.1, 0.15) is 51.5 Å². The highest BCUT2D eigenvalue weighted by molar-refractivity contribution is 9.10. The molecule has 0 aliphatic carbocycles. The lowest BCUT2D eigenvalue weighted by Crippen LogP contribution is -2.28. The minimum Gasteiger partial charge on any atom is -0.310 e. The Morgan fingerprint density at radius 3 is 2.61 bits per heavy atom. The third-order valence-electron chi connectivity index (χ3n) is 3.12. The number of hydrogen-bond acceptors (Lipinski definition) is 1. The van der Waals surface area contributed by atoms with E-state index in [9.17, 15) is 0 Å². The SMILES string of the molecule is CCCCC(CCC)NCc1ccc(Br)c(Cl)c1. The minimum atomic E-state index is 0.636. The monoisotopic (exact) mass is 331 g/mol. The maximum Gasteiger partial charge on any atom is 0.0551 e. The second-order valence-electron chi connectivity index (χ2n) is 4.76. The van der Waals surface area contributed by atoms with Crippen molar-refractivity contribution in [3.05, 3.63) is 33.3 Å². The predicted octanol–water partition coefficient (Wildman–Crippen LogP) is 5.55. The van der Waals surface area contributed by atoms with Crippen molar-refractivity contribution in [2.75, 3.05) is 0 Å². The lowest BCUT2D eigenvalue weighted by atomic mass is 10.0. The molecule has 0 bridgehead atoms. The van der Waals surface area contributed by atoms with Crippen LogP contribution in [0.4, 0.5) is 0 Å². The number of hydrogen-bond donors (Lipinski definition) is 1. The molecule has 1 N–H and O–H groups in total. The van der Waals surface area contributed by atoms with Crippen LogP contribution in [0.25, 0.3) is 0 Å². The smallest absolute Gasteiger partial charge is 0.0551 e. The summed E-state index contributed by atoms with van der Waals surface area (Å²) in [6.45, 7) is 5.40. The molecule has 1 aromatic rings. The second-order valence-corrected chi connectivity index (χ2v) is 6.02. The molecule has 0 saturated carbocycles. The highest BCUT2D eigenvalue weighted by Gasteiger charge is 2.07. The van der Waals surface area contributed by atoms with E-state index in [0.29, 0.717) is 6.04 Å². The van der Waals surface area contributed by atoms with Crippen molar-refractivity contribution in [2.24, 2.45) is 0 Å². The average molecular weight is 333 g/mol. The van der Waals surface area contributed by atoms with E-state index in [1.807, 2.05) is 12.1 Å². The van der Waals surface area contributed by atoms with Gasteiger partial charge in [-0.2, -0.15) is 0 Å². The zero-order chi connectivity index (χ0) is 13.4. The number of benzene rings is 1. The molecular formula is C15H23BrClN. The normalized spacial score (nSPS) is 12.7. The Kier molecular flexibility index (Phi) is 7.96. The van der Waals surface area contributed by atoms with Gasteiger partial charge in [0.15, 0.2) is 0 Å². The molecule has 1 nitrogen and oxygen atoms in total. The first kappa shape index (κ1) is 16.0. The fourth-order valence-corrected chi connectivity index (χ4v) is 2.51. The highest BCUT2D eigenvalue weighted by Crippen LogP contribution is 2.23. The Morgan fingerprint density at radius 1 is 1.22 bits per heavy atom. The van der Waals surface area contributed by atoms with Crippen LogP contribution in [0.3, 0.4) is 0 Å². The van der Waals surface area contributed by atoms with Crippen LogP contribution in [0.5, 0.6) is 0 Å². The van der Waals surface area contributed by atoms with Gasteiger partial charge >= 0.3 is 0 Å². The fourth-order valence-electron chi connectivity index (χ4n) is 2.06. The van der Waals surface area contributed by atoms with Crippen LogP contribution < -0.4 is 5.32 Å². The summed E-state index contributed by atoms with van der Waals surface area (Å²) >= 11 is 9.52. The molecule has 0 amide bonds. The number of halogens is 2. The fraction of sp³-hybridized carbons (Fsp3) is 0.600. The lowest BCUT2D eigenvalue weighted by molar-refractivity contribution is 0.434. The number of unbranched alkanes of at least 4 members (excludes halogenated alkanes) is 1. The summed E-state index contributed by atoms with van der Waals surface area (Å²) in [4.78, 5) is 0. The van der Waals surface area contributed by atoms with Crippen molar-refractivity contribution >= 4 is 27.5 Å². The molecule has 0 aliphatic rings. The Balaban J connectivity index is 2.47. The summed E-state index contributed by atoms with van der Waals surface area (Å²) in [6.07, 6.45) is 6.34. The molecule has 0 aliphatic heterocycles. The van der Waals surface area contributed by atoms with Gasteiger partial charge in [0.1, 0.15) is 0 Å². The standard InChI is InChI=1S/C15H23BrClN/c1-3-5-7-13(6-4-2)18-11-12-8-9-14(16)15(17)10-12/h8-10,13,18H,3-7,11H2,1-2H3. The third-order valence-corrected chi connectivity index (χ3v) is 4.35. The summed E-state index contributed by atoms with van der Waals surface area (Å²) in [5, 5.41) is 4.43. The van der Waals surface area contributed by atoms with Gasteiger partial charge in [-0.05, 0) is 46.5 Å². The second kappa shape index (κ2) is 8.95. The first-order valence-corrected chi connectivity index (χ1v) is 8.01. The molecule has 0 aromatic heterocycles. The van der Waals surface area contributed by atoms with E-state index >= 15 is 0 Å². The van der Waals surface area contributed by atoms with Crippen LogP contribution in [0.2, 0.25) is 5.02 Å². The maximum absolute atomic E-state index is 6.10. The molecule has 1 rings (SSSR count). The maximum atomic E-state index is 6.10. The van der Waals surface area contributed by atoms with Crippen molar-refractivity contribution in [3.63, 3.8) is 0 Å². The molecule has 102 valence electrons. The van der Waals surface area contributed by atoms with Crippen LogP contribution >= 0.6 is 27.5 Å². The Hall–Kier alpha value is -0.0500. The largest absolute Gasteiger partial charge is 0.310 e.